The van der Waals surface area contributed by atoms with Crippen molar-refractivity contribution in [3.05, 3.63) is 89.4 Å². The van der Waals surface area contributed by atoms with Gasteiger partial charge in [0.15, 0.2) is 0 Å². The van der Waals surface area contributed by atoms with Crippen molar-refractivity contribution >= 4 is 5.91 Å². The average Bonchev–Trinajstić information content (AvgIpc) is 2.63. The SMILES string of the molecule is Cc1ccccc1CC(=O)NCc1ccc(Oc2cccc(F)c2)nc1. The van der Waals surface area contributed by atoms with E-state index in [2.05, 4.69) is 10.3 Å². The fourth-order valence-corrected chi connectivity index (χ4v) is 2.47. The number of nitrogens with zero attached hydrogens (tertiary/aromatic N) is 1. The summed E-state index contributed by atoms with van der Waals surface area (Å²) in [6, 6.07) is 17.2. The number of hydrogen-bond acceptors (Lipinski definition) is 3. The molecular formula is C21H19FN2O2. The molecule has 0 bridgehead atoms. The van der Waals surface area contributed by atoms with E-state index in [4.69, 9.17) is 4.74 Å². The van der Waals surface area contributed by atoms with Crippen molar-refractivity contribution in [3.63, 3.8) is 0 Å². The second-order valence-electron chi connectivity index (χ2n) is 5.94. The summed E-state index contributed by atoms with van der Waals surface area (Å²) < 4.78 is 18.6. The minimum Gasteiger partial charge on any atom is -0.439 e. The quantitative estimate of drug-likeness (QED) is 0.725. The van der Waals surface area contributed by atoms with Crippen LogP contribution in [0, 0.1) is 12.7 Å². The zero-order valence-corrected chi connectivity index (χ0v) is 14.4. The number of halogens is 1. The number of amides is 1. The lowest BCUT2D eigenvalue weighted by Gasteiger charge is -2.08. The lowest BCUT2D eigenvalue weighted by molar-refractivity contribution is -0.120. The van der Waals surface area contributed by atoms with Gasteiger partial charge in [-0.05, 0) is 35.7 Å². The Morgan fingerprint density at radius 3 is 2.69 bits per heavy atom. The second-order valence-corrected chi connectivity index (χ2v) is 5.94. The van der Waals surface area contributed by atoms with Gasteiger partial charge in [-0.25, -0.2) is 9.37 Å². The first-order valence-corrected chi connectivity index (χ1v) is 8.30. The van der Waals surface area contributed by atoms with Gasteiger partial charge in [-0.15, -0.1) is 0 Å². The van der Waals surface area contributed by atoms with E-state index in [9.17, 15) is 9.18 Å². The van der Waals surface area contributed by atoms with Crippen LogP contribution in [0.1, 0.15) is 16.7 Å². The van der Waals surface area contributed by atoms with Crippen LogP contribution in [-0.2, 0) is 17.8 Å². The predicted octanol–water partition coefficient (Wildman–Crippen LogP) is 4.18. The maximum Gasteiger partial charge on any atom is 0.224 e. The van der Waals surface area contributed by atoms with Crippen molar-refractivity contribution in [2.75, 3.05) is 0 Å². The molecule has 0 saturated carbocycles. The number of carbonyl (C=O) groups is 1. The van der Waals surface area contributed by atoms with Gasteiger partial charge in [-0.2, -0.15) is 0 Å². The van der Waals surface area contributed by atoms with Crippen molar-refractivity contribution in [3.8, 4) is 11.6 Å². The smallest absolute Gasteiger partial charge is 0.224 e. The van der Waals surface area contributed by atoms with Crippen LogP contribution < -0.4 is 10.1 Å². The second kappa shape index (κ2) is 8.25. The van der Waals surface area contributed by atoms with E-state index < -0.39 is 0 Å². The summed E-state index contributed by atoms with van der Waals surface area (Å²) >= 11 is 0. The molecule has 1 heterocycles. The number of rotatable bonds is 6. The minimum absolute atomic E-state index is 0.0422. The molecule has 0 radical (unpaired) electrons. The number of hydrogen-bond donors (Lipinski definition) is 1. The molecule has 5 heteroatoms. The number of benzene rings is 2. The van der Waals surface area contributed by atoms with E-state index >= 15 is 0 Å². The summed E-state index contributed by atoms with van der Waals surface area (Å²) in [5.74, 6) is 0.345. The van der Waals surface area contributed by atoms with Crippen LogP contribution in [0.3, 0.4) is 0 Å². The van der Waals surface area contributed by atoms with Gasteiger partial charge in [0.2, 0.25) is 11.8 Å². The molecule has 132 valence electrons. The molecule has 0 unspecified atom stereocenters. The molecule has 0 aliphatic carbocycles. The highest BCUT2D eigenvalue weighted by Crippen LogP contribution is 2.20. The number of carbonyl (C=O) groups excluding carboxylic acids is 1. The predicted molar refractivity (Wildman–Crippen MR) is 97.4 cm³/mol. The summed E-state index contributed by atoms with van der Waals surface area (Å²) in [6.45, 7) is 2.38. The van der Waals surface area contributed by atoms with E-state index in [0.717, 1.165) is 16.7 Å². The van der Waals surface area contributed by atoms with Crippen LogP contribution in [0.15, 0.2) is 66.9 Å². The maximum absolute atomic E-state index is 13.2. The summed E-state index contributed by atoms with van der Waals surface area (Å²) in [7, 11) is 0. The summed E-state index contributed by atoms with van der Waals surface area (Å²) in [5, 5.41) is 2.88. The fraction of sp³-hybridized carbons (Fsp3) is 0.143. The Hall–Kier alpha value is -3.21. The first-order valence-electron chi connectivity index (χ1n) is 8.30. The highest BCUT2D eigenvalue weighted by molar-refractivity contribution is 5.78. The molecule has 4 nitrogen and oxygen atoms in total. The van der Waals surface area contributed by atoms with Crippen LogP contribution in [0.4, 0.5) is 4.39 Å². The van der Waals surface area contributed by atoms with Gasteiger partial charge in [0.1, 0.15) is 11.6 Å². The van der Waals surface area contributed by atoms with Gasteiger partial charge < -0.3 is 10.1 Å². The zero-order valence-electron chi connectivity index (χ0n) is 14.4. The third-order valence-electron chi connectivity index (χ3n) is 3.92. The van der Waals surface area contributed by atoms with Crippen molar-refractivity contribution in [1.82, 2.24) is 10.3 Å². The zero-order chi connectivity index (χ0) is 18.4. The van der Waals surface area contributed by atoms with Gasteiger partial charge >= 0.3 is 0 Å². The molecular weight excluding hydrogens is 331 g/mol. The molecule has 3 aromatic rings. The minimum atomic E-state index is -0.365. The normalized spacial score (nSPS) is 10.4. The van der Waals surface area contributed by atoms with Crippen molar-refractivity contribution in [2.24, 2.45) is 0 Å². The molecule has 3 rings (SSSR count). The van der Waals surface area contributed by atoms with Gasteiger partial charge in [-0.3, -0.25) is 4.79 Å². The summed E-state index contributed by atoms with van der Waals surface area (Å²) in [6.07, 6.45) is 1.98. The molecule has 1 aromatic heterocycles. The Balaban J connectivity index is 1.53. The average molecular weight is 350 g/mol. The maximum atomic E-state index is 13.2. The van der Waals surface area contributed by atoms with Crippen LogP contribution in [-0.4, -0.2) is 10.9 Å². The van der Waals surface area contributed by atoms with Gasteiger partial charge in [-0.1, -0.05) is 36.4 Å². The van der Waals surface area contributed by atoms with Crippen LogP contribution in [0.2, 0.25) is 0 Å². The Morgan fingerprint density at radius 1 is 1.12 bits per heavy atom. The standard InChI is InChI=1S/C21H19FN2O2/c1-15-5-2-3-6-17(15)11-20(25)23-13-16-9-10-21(24-14-16)26-19-8-4-7-18(22)12-19/h2-10,12,14H,11,13H2,1H3,(H,23,25). The van der Waals surface area contributed by atoms with E-state index in [0.29, 0.717) is 24.6 Å². The van der Waals surface area contributed by atoms with Crippen molar-refractivity contribution < 1.29 is 13.9 Å². The number of aromatic nitrogens is 1. The molecule has 0 aliphatic rings. The number of aryl methyl sites for hydroxylation is 1. The summed E-state index contributed by atoms with van der Waals surface area (Å²) in [4.78, 5) is 16.3. The fourth-order valence-electron chi connectivity index (χ4n) is 2.47. The largest absolute Gasteiger partial charge is 0.439 e. The van der Waals surface area contributed by atoms with E-state index in [1.807, 2.05) is 37.3 Å². The molecule has 0 fully saturated rings. The van der Waals surface area contributed by atoms with Gasteiger partial charge in [0, 0.05) is 24.9 Å². The van der Waals surface area contributed by atoms with Crippen LogP contribution in [0.5, 0.6) is 11.6 Å². The Kier molecular flexibility index (Phi) is 5.59. The van der Waals surface area contributed by atoms with E-state index in [1.54, 1.807) is 24.4 Å². The lowest BCUT2D eigenvalue weighted by Crippen LogP contribution is -2.24. The molecule has 26 heavy (non-hydrogen) atoms. The van der Waals surface area contributed by atoms with E-state index in [-0.39, 0.29) is 11.7 Å². The topological polar surface area (TPSA) is 51.2 Å². The Bertz CT molecular complexity index is 895. The molecule has 0 aliphatic heterocycles. The van der Waals surface area contributed by atoms with E-state index in [1.165, 1.54) is 12.1 Å². The highest BCUT2D eigenvalue weighted by atomic mass is 19.1. The van der Waals surface area contributed by atoms with Crippen LogP contribution in [0.25, 0.3) is 0 Å². The summed E-state index contributed by atoms with van der Waals surface area (Å²) in [5.41, 5.74) is 2.97. The van der Waals surface area contributed by atoms with Crippen molar-refractivity contribution in [1.29, 1.82) is 0 Å². The lowest BCUT2D eigenvalue weighted by atomic mass is 10.1. The van der Waals surface area contributed by atoms with Gasteiger partial charge in [0.25, 0.3) is 0 Å². The van der Waals surface area contributed by atoms with Crippen molar-refractivity contribution in [2.45, 2.75) is 19.9 Å². The molecule has 1 amide bonds. The number of pyridine rings is 1. The molecule has 2 aromatic carbocycles. The monoisotopic (exact) mass is 350 g/mol. The molecule has 0 spiro atoms. The first-order chi connectivity index (χ1) is 12.6. The highest BCUT2D eigenvalue weighted by Gasteiger charge is 2.06. The number of nitrogens with one attached hydrogen (secondary N) is 1. The Labute approximate surface area is 151 Å². The molecule has 0 saturated heterocycles. The molecule has 0 atom stereocenters. The molecule has 1 N–H and O–H groups in total. The third kappa shape index (κ3) is 4.89. The first kappa shape index (κ1) is 17.6. The number of ether oxygens (including phenoxy) is 1. The van der Waals surface area contributed by atoms with Gasteiger partial charge in [0.05, 0.1) is 6.42 Å². The Morgan fingerprint density at radius 2 is 1.96 bits per heavy atom. The van der Waals surface area contributed by atoms with Crippen LogP contribution >= 0.6 is 0 Å². The third-order valence-corrected chi connectivity index (χ3v) is 3.92.